The second kappa shape index (κ2) is 10.00. The topological polar surface area (TPSA) is 63.5 Å². The summed E-state index contributed by atoms with van der Waals surface area (Å²) in [6, 6.07) is 13.8. The van der Waals surface area contributed by atoms with E-state index >= 15 is 0 Å². The van der Waals surface area contributed by atoms with Crippen molar-refractivity contribution in [2.24, 2.45) is 0 Å². The van der Waals surface area contributed by atoms with Crippen molar-refractivity contribution in [2.45, 2.75) is 0 Å². The van der Waals surface area contributed by atoms with Crippen LogP contribution in [0.4, 0.5) is 5.69 Å². The van der Waals surface area contributed by atoms with E-state index in [1.54, 1.807) is 48.5 Å². The van der Waals surface area contributed by atoms with Crippen LogP contribution in [-0.2, 0) is 4.79 Å². The highest BCUT2D eigenvalue weighted by atomic mass is 35.5. The quantitative estimate of drug-likeness (QED) is 0.324. The van der Waals surface area contributed by atoms with Gasteiger partial charge in [-0.15, -0.1) is 0 Å². The van der Waals surface area contributed by atoms with E-state index in [0.717, 1.165) is 0 Å². The summed E-state index contributed by atoms with van der Waals surface area (Å²) in [5, 5.41) is 6.79. The summed E-state index contributed by atoms with van der Waals surface area (Å²) in [6.07, 6.45) is 2.82. The summed E-state index contributed by atoms with van der Waals surface area (Å²) >= 11 is 23.4. The Kier molecular flexibility index (Phi) is 7.39. The summed E-state index contributed by atoms with van der Waals surface area (Å²) in [5.41, 5.74) is 1.28. The molecule has 0 bridgehead atoms. The Morgan fingerprint density at radius 2 is 1.90 bits per heavy atom. The molecule has 0 saturated heterocycles. The molecule has 5 nitrogen and oxygen atoms in total. The number of nitrogens with one attached hydrogen (secondary N) is 2. The number of benzene rings is 2. The van der Waals surface area contributed by atoms with Gasteiger partial charge in [-0.05, 0) is 60.8 Å². The van der Waals surface area contributed by atoms with Gasteiger partial charge in [-0.1, -0.05) is 40.9 Å². The molecule has 0 radical (unpaired) electrons. The van der Waals surface area contributed by atoms with Crippen LogP contribution in [0.5, 0.6) is 5.75 Å². The summed E-state index contributed by atoms with van der Waals surface area (Å²) in [5.74, 6) is 1.12. The van der Waals surface area contributed by atoms with E-state index in [1.165, 1.54) is 19.3 Å². The van der Waals surface area contributed by atoms with E-state index in [-0.39, 0.29) is 5.11 Å². The molecule has 0 aliphatic heterocycles. The lowest BCUT2D eigenvalue weighted by Crippen LogP contribution is -2.32. The lowest BCUT2D eigenvalue weighted by atomic mass is 10.2. The average Bonchev–Trinajstić information content (AvgIpc) is 3.17. The number of hydrogen-bond acceptors (Lipinski definition) is 4. The molecule has 3 rings (SSSR count). The molecule has 0 unspecified atom stereocenters. The molecule has 30 heavy (non-hydrogen) atoms. The molecule has 0 aliphatic rings. The van der Waals surface area contributed by atoms with E-state index in [1.807, 2.05) is 0 Å². The number of carbonyl (C=O) groups is 1. The summed E-state index contributed by atoms with van der Waals surface area (Å²) in [7, 11) is 1.52. The van der Waals surface area contributed by atoms with Crippen molar-refractivity contribution in [2.75, 3.05) is 12.4 Å². The molecule has 3 aromatic rings. The van der Waals surface area contributed by atoms with Crippen LogP contribution in [0.2, 0.25) is 15.1 Å². The molecule has 2 aromatic carbocycles. The van der Waals surface area contributed by atoms with Gasteiger partial charge in [0.25, 0.3) is 0 Å². The monoisotopic (exact) mass is 480 g/mol. The molecule has 1 aromatic heterocycles. The van der Waals surface area contributed by atoms with E-state index < -0.39 is 5.91 Å². The van der Waals surface area contributed by atoms with Crippen LogP contribution in [0.3, 0.4) is 0 Å². The van der Waals surface area contributed by atoms with Gasteiger partial charge in [0.05, 0.1) is 22.2 Å². The SMILES string of the molecule is COc1ccc(NC(=S)NC(=O)C=Cc2ccc(-c3cccc(Cl)c3Cl)o2)cc1Cl. The van der Waals surface area contributed by atoms with E-state index in [0.29, 0.717) is 43.6 Å². The maximum absolute atomic E-state index is 12.1. The maximum Gasteiger partial charge on any atom is 0.250 e. The molecule has 2 N–H and O–H groups in total. The Bertz CT molecular complexity index is 1130. The van der Waals surface area contributed by atoms with Crippen LogP contribution in [0, 0.1) is 0 Å². The fourth-order valence-electron chi connectivity index (χ4n) is 2.50. The molecule has 9 heteroatoms. The van der Waals surface area contributed by atoms with Crippen LogP contribution in [-0.4, -0.2) is 18.1 Å². The number of carbonyl (C=O) groups excluding carboxylic acids is 1. The summed E-state index contributed by atoms with van der Waals surface area (Å²) < 4.78 is 10.8. The van der Waals surface area contributed by atoms with Crippen LogP contribution in [0.15, 0.2) is 59.0 Å². The molecule has 0 fully saturated rings. The van der Waals surface area contributed by atoms with Gasteiger partial charge in [0.15, 0.2) is 5.11 Å². The number of thiocarbonyl (C=S) groups is 1. The minimum absolute atomic E-state index is 0.122. The van der Waals surface area contributed by atoms with Crippen molar-refractivity contribution < 1.29 is 13.9 Å². The predicted octanol–water partition coefficient (Wildman–Crippen LogP) is 6.44. The van der Waals surface area contributed by atoms with Gasteiger partial charge in [0.1, 0.15) is 17.3 Å². The third-order valence-corrected chi connectivity index (χ3v) is 5.21. The number of halogens is 3. The smallest absolute Gasteiger partial charge is 0.250 e. The zero-order valence-corrected chi connectivity index (χ0v) is 18.6. The Morgan fingerprint density at radius 1 is 1.10 bits per heavy atom. The first-order valence-corrected chi connectivity index (χ1v) is 10.1. The molecule has 0 saturated carbocycles. The molecule has 1 amide bonds. The third-order valence-electron chi connectivity index (χ3n) is 3.89. The van der Waals surface area contributed by atoms with Gasteiger partial charge < -0.3 is 14.5 Å². The minimum atomic E-state index is -0.425. The van der Waals surface area contributed by atoms with Crippen LogP contribution >= 0.6 is 47.0 Å². The van der Waals surface area contributed by atoms with Gasteiger partial charge in [0.2, 0.25) is 5.91 Å². The molecule has 1 heterocycles. The maximum atomic E-state index is 12.1. The first-order valence-electron chi connectivity index (χ1n) is 8.55. The Labute approximate surface area is 193 Å². The zero-order valence-electron chi connectivity index (χ0n) is 15.5. The van der Waals surface area contributed by atoms with Crippen LogP contribution in [0.25, 0.3) is 17.4 Å². The van der Waals surface area contributed by atoms with Gasteiger partial charge in [-0.25, -0.2) is 0 Å². The summed E-state index contributed by atoms with van der Waals surface area (Å²) in [6.45, 7) is 0. The molecule has 154 valence electrons. The number of amides is 1. The highest BCUT2D eigenvalue weighted by Gasteiger charge is 2.10. The highest BCUT2D eigenvalue weighted by molar-refractivity contribution is 7.80. The fraction of sp³-hybridized carbons (Fsp3) is 0.0476. The lowest BCUT2D eigenvalue weighted by Gasteiger charge is -2.10. The van der Waals surface area contributed by atoms with Crippen molar-refractivity contribution in [1.82, 2.24) is 5.32 Å². The first-order chi connectivity index (χ1) is 14.4. The van der Waals surface area contributed by atoms with Gasteiger partial charge in [0, 0.05) is 17.3 Å². The molecular formula is C21H15Cl3N2O3S. The van der Waals surface area contributed by atoms with Crippen molar-refractivity contribution in [3.63, 3.8) is 0 Å². The number of ether oxygens (including phenoxy) is 1. The van der Waals surface area contributed by atoms with E-state index in [4.69, 9.17) is 56.2 Å². The first kappa shape index (κ1) is 22.2. The molecular weight excluding hydrogens is 467 g/mol. The largest absolute Gasteiger partial charge is 0.495 e. The van der Waals surface area contributed by atoms with Crippen molar-refractivity contribution in [1.29, 1.82) is 0 Å². The van der Waals surface area contributed by atoms with Crippen molar-refractivity contribution in [3.8, 4) is 17.1 Å². The van der Waals surface area contributed by atoms with E-state index in [2.05, 4.69) is 10.6 Å². The fourth-order valence-corrected chi connectivity index (χ4v) is 3.37. The lowest BCUT2D eigenvalue weighted by molar-refractivity contribution is -0.115. The van der Waals surface area contributed by atoms with Gasteiger partial charge >= 0.3 is 0 Å². The highest BCUT2D eigenvalue weighted by Crippen LogP contribution is 2.34. The van der Waals surface area contributed by atoms with E-state index in [9.17, 15) is 4.79 Å². The predicted molar refractivity (Wildman–Crippen MR) is 126 cm³/mol. The molecule has 0 aliphatic carbocycles. The summed E-state index contributed by atoms with van der Waals surface area (Å²) in [4.78, 5) is 12.1. The molecule has 0 atom stereocenters. The second-order valence-corrected chi connectivity index (χ2v) is 7.53. The van der Waals surface area contributed by atoms with Gasteiger partial charge in [-0.3, -0.25) is 10.1 Å². The minimum Gasteiger partial charge on any atom is -0.495 e. The number of methoxy groups -OCH3 is 1. The number of furan rings is 1. The Balaban J connectivity index is 1.59. The Morgan fingerprint density at radius 3 is 2.63 bits per heavy atom. The Hall–Kier alpha value is -2.51. The average molecular weight is 482 g/mol. The molecule has 0 spiro atoms. The second-order valence-electron chi connectivity index (χ2n) is 5.93. The standard InChI is InChI=1S/C21H15Cl3N2O3S/c1-28-18-8-5-12(11-16(18)23)25-21(30)26-19(27)10-7-13-6-9-17(29-13)14-3-2-4-15(22)20(14)24/h2-11H,1H3,(H2,25,26,27,30). The van der Waals surface area contributed by atoms with Crippen LogP contribution in [0.1, 0.15) is 5.76 Å². The van der Waals surface area contributed by atoms with Crippen LogP contribution < -0.4 is 15.4 Å². The zero-order chi connectivity index (χ0) is 21.7. The number of anilines is 1. The number of rotatable bonds is 5. The van der Waals surface area contributed by atoms with Gasteiger partial charge in [-0.2, -0.15) is 0 Å². The van der Waals surface area contributed by atoms with Crippen molar-refractivity contribution in [3.05, 3.63) is 75.4 Å². The van der Waals surface area contributed by atoms with Crippen molar-refractivity contribution >= 4 is 69.8 Å². The normalized spacial score (nSPS) is 10.8. The third kappa shape index (κ3) is 5.55. The number of hydrogen-bond donors (Lipinski definition) is 2.